The van der Waals surface area contributed by atoms with Crippen molar-refractivity contribution in [3.05, 3.63) is 30.1 Å². The highest BCUT2D eigenvalue weighted by molar-refractivity contribution is 6.74. The van der Waals surface area contributed by atoms with Gasteiger partial charge in [-0.2, -0.15) is 0 Å². The third kappa shape index (κ3) is 6.31. The summed E-state index contributed by atoms with van der Waals surface area (Å²) in [4.78, 5) is 16.6. The Hall–Kier alpha value is -1.86. The van der Waals surface area contributed by atoms with Gasteiger partial charge in [0.25, 0.3) is 0 Å². The molecule has 0 bridgehead atoms. The van der Waals surface area contributed by atoms with Crippen LogP contribution in [0.3, 0.4) is 0 Å². The molecule has 3 N–H and O–H groups in total. The summed E-state index contributed by atoms with van der Waals surface area (Å²) in [5, 5.41) is 3.11. The number of hydrogen-bond donors (Lipinski definition) is 2. The zero-order valence-electron chi connectivity index (χ0n) is 19.1. The zero-order chi connectivity index (χ0) is 22.0. The molecule has 1 aromatic rings. The van der Waals surface area contributed by atoms with Gasteiger partial charge in [-0.05, 0) is 63.4 Å². The van der Waals surface area contributed by atoms with Gasteiger partial charge in [0.15, 0.2) is 8.32 Å². The molecule has 29 heavy (non-hydrogen) atoms. The SMILES string of the molecule is CC(C)(C)OC(=O)N[C@@H]1C=C(c2ccncc2N)CC[C@H]1O[Si](C)(C)C(C)(C)C. The van der Waals surface area contributed by atoms with Crippen LogP contribution in [-0.4, -0.2) is 37.1 Å². The number of amides is 1. The van der Waals surface area contributed by atoms with Gasteiger partial charge in [-0.25, -0.2) is 4.79 Å². The number of aromatic nitrogens is 1. The van der Waals surface area contributed by atoms with Crippen LogP contribution in [0, 0.1) is 0 Å². The molecular formula is C22H37N3O3Si. The lowest BCUT2D eigenvalue weighted by Crippen LogP contribution is -2.52. The van der Waals surface area contributed by atoms with E-state index in [1.165, 1.54) is 0 Å². The molecule has 6 nitrogen and oxygen atoms in total. The van der Waals surface area contributed by atoms with Crippen molar-refractivity contribution < 1.29 is 14.0 Å². The third-order valence-corrected chi connectivity index (χ3v) is 10.1. The van der Waals surface area contributed by atoms with E-state index in [4.69, 9.17) is 14.9 Å². The standard InChI is InChI=1S/C22H37N3O3Si/c1-21(2,3)27-20(26)25-18-13-15(16-11-12-24-14-17(16)23)9-10-19(18)28-29(7,8)22(4,5)6/h11-14,18-19H,9-10,23H2,1-8H3,(H,25,26)/t18-,19-/m1/s1. The van der Waals surface area contributed by atoms with E-state index in [9.17, 15) is 4.79 Å². The van der Waals surface area contributed by atoms with E-state index < -0.39 is 20.0 Å². The highest BCUT2D eigenvalue weighted by Gasteiger charge is 2.41. The maximum absolute atomic E-state index is 12.5. The molecular weight excluding hydrogens is 382 g/mol. The Morgan fingerprint density at radius 1 is 1.24 bits per heavy atom. The van der Waals surface area contributed by atoms with Crippen molar-refractivity contribution in [3.63, 3.8) is 0 Å². The number of rotatable bonds is 4. The fourth-order valence-corrected chi connectivity index (χ4v) is 4.45. The monoisotopic (exact) mass is 419 g/mol. The molecule has 0 unspecified atom stereocenters. The van der Waals surface area contributed by atoms with E-state index in [2.05, 4.69) is 50.2 Å². The number of allylic oxidation sites excluding steroid dienone is 1. The van der Waals surface area contributed by atoms with E-state index in [1.807, 2.05) is 26.8 Å². The minimum Gasteiger partial charge on any atom is -0.444 e. The molecule has 1 amide bonds. The molecule has 0 saturated carbocycles. The van der Waals surface area contributed by atoms with Gasteiger partial charge in [0.1, 0.15) is 5.60 Å². The minimum absolute atomic E-state index is 0.0863. The molecule has 1 heterocycles. The summed E-state index contributed by atoms with van der Waals surface area (Å²) in [6.07, 6.45) is 6.56. The fourth-order valence-electron chi connectivity index (χ4n) is 3.07. The topological polar surface area (TPSA) is 86.5 Å². The number of ether oxygens (including phenoxy) is 1. The fraction of sp³-hybridized carbons (Fsp3) is 0.636. The third-order valence-electron chi connectivity index (χ3n) is 5.61. The van der Waals surface area contributed by atoms with Crippen molar-refractivity contribution in [1.29, 1.82) is 0 Å². The molecule has 1 aliphatic rings. The van der Waals surface area contributed by atoms with Crippen molar-refractivity contribution in [2.75, 3.05) is 5.73 Å². The first-order chi connectivity index (χ1) is 13.2. The number of nitrogens with two attached hydrogens (primary N) is 1. The Morgan fingerprint density at radius 2 is 1.90 bits per heavy atom. The number of nitrogen functional groups attached to an aromatic ring is 1. The number of hydrogen-bond acceptors (Lipinski definition) is 5. The van der Waals surface area contributed by atoms with Gasteiger partial charge in [-0.3, -0.25) is 4.98 Å². The van der Waals surface area contributed by atoms with E-state index >= 15 is 0 Å². The second-order valence-corrected chi connectivity index (χ2v) is 15.0. The lowest BCUT2D eigenvalue weighted by Gasteiger charge is -2.42. The highest BCUT2D eigenvalue weighted by atomic mass is 28.4. The van der Waals surface area contributed by atoms with Gasteiger partial charge in [0.05, 0.1) is 24.0 Å². The first-order valence-electron chi connectivity index (χ1n) is 10.3. The summed E-state index contributed by atoms with van der Waals surface area (Å²) in [5.41, 5.74) is 8.27. The van der Waals surface area contributed by atoms with Crippen molar-refractivity contribution in [2.24, 2.45) is 0 Å². The summed E-state index contributed by atoms with van der Waals surface area (Å²) in [5.74, 6) is 0. The Kier molecular flexibility index (Phi) is 6.85. The van der Waals surface area contributed by atoms with Gasteiger partial charge >= 0.3 is 6.09 Å². The summed E-state index contributed by atoms with van der Waals surface area (Å²) in [6.45, 7) is 16.7. The molecule has 0 aromatic carbocycles. The van der Waals surface area contributed by atoms with Crippen LogP contribution in [0.15, 0.2) is 24.5 Å². The number of carbonyl (C=O) groups excluding carboxylic acids is 1. The Balaban J connectivity index is 2.32. The van der Waals surface area contributed by atoms with Gasteiger partial charge in [-0.15, -0.1) is 0 Å². The second-order valence-electron chi connectivity index (χ2n) is 10.3. The smallest absolute Gasteiger partial charge is 0.408 e. The van der Waals surface area contributed by atoms with E-state index in [-0.39, 0.29) is 17.2 Å². The number of alkyl carbamates (subject to hydrolysis) is 1. The van der Waals surface area contributed by atoms with E-state index in [0.29, 0.717) is 5.69 Å². The summed E-state index contributed by atoms with van der Waals surface area (Å²) in [6, 6.07) is 1.64. The quantitative estimate of drug-likeness (QED) is 0.661. The molecule has 0 radical (unpaired) electrons. The maximum atomic E-state index is 12.5. The normalized spacial score (nSPS) is 20.8. The van der Waals surface area contributed by atoms with Crippen LogP contribution in [-0.2, 0) is 9.16 Å². The van der Waals surface area contributed by atoms with Gasteiger partial charge in [-0.1, -0.05) is 26.8 Å². The molecule has 7 heteroatoms. The molecule has 0 saturated heterocycles. The molecule has 1 aromatic heterocycles. The van der Waals surface area contributed by atoms with Crippen LogP contribution in [0.1, 0.15) is 59.9 Å². The van der Waals surface area contributed by atoms with Crippen molar-refractivity contribution >= 4 is 25.7 Å². The summed E-state index contributed by atoms with van der Waals surface area (Å²) >= 11 is 0. The van der Waals surface area contributed by atoms with E-state index in [1.54, 1.807) is 12.4 Å². The average Bonchev–Trinajstić information content (AvgIpc) is 2.54. The zero-order valence-corrected chi connectivity index (χ0v) is 20.1. The van der Waals surface area contributed by atoms with Gasteiger partial charge in [0.2, 0.25) is 0 Å². The minimum atomic E-state index is -2.00. The predicted octanol–water partition coefficient (Wildman–Crippen LogP) is 5.12. The van der Waals surface area contributed by atoms with Crippen LogP contribution >= 0.6 is 0 Å². The number of pyridine rings is 1. The number of nitrogens with one attached hydrogen (secondary N) is 1. The van der Waals surface area contributed by atoms with Crippen LogP contribution < -0.4 is 11.1 Å². The molecule has 0 spiro atoms. The van der Waals surface area contributed by atoms with Crippen LogP contribution in [0.4, 0.5) is 10.5 Å². The first kappa shape index (κ1) is 23.4. The molecule has 1 aliphatic carbocycles. The predicted molar refractivity (Wildman–Crippen MR) is 121 cm³/mol. The number of anilines is 1. The van der Waals surface area contributed by atoms with Crippen LogP contribution in [0.2, 0.25) is 18.1 Å². The molecule has 0 aliphatic heterocycles. The second kappa shape index (κ2) is 8.48. The lowest BCUT2D eigenvalue weighted by molar-refractivity contribution is 0.0454. The van der Waals surface area contributed by atoms with Crippen LogP contribution in [0.25, 0.3) is 5.57 Å². The van der Waals surface area contributed by atoms with Gasteiger partial charge < -0.3 is 20.2 Å². The van der Waals surface area contributed by atoms with Crippen LogP contribution in [0.5, 0.6) is 0 Å². The number of nitrogens with zero attached hydrogens (tertiary/aromatic N) is 1. The average molecular weight is 420 g/mol. The number of carbonyl (C=O) groups is 1. The first-order valence-corrected chi connectivity index (χ1v) is 13.2. The molecule has 0 fully saturated rings. The Morgan fingerprint density at radius 3 is 2.45 bits per heavy atom. The van der Waals surface area contributed by atoms with E-state index in [0.717, 1.165) is 24.0 Å². The van der Waals surface area contributed by atoms with Crippen molar-refractivity contribution in [1.82, 2.24) is 10.3 Å². The lowest BCUT2D eigenvalue weighted by atomic mass is 9.89. The molecule has 2 atom stereocenters. The van der Waals surface area contributed by atoms with Gasteiger partial charge in [0, 0.05) is 11.8 Å². The Bertz CT molecular complexity index is 763. The highest BCUT2D eigenvalue weighted by Crippen LogP contribution is 2.40. The summed E-state index contributed by atoms with van der Waals surface area (Å²) in [7, 11) is -2.00. The van der Waals surface area contributed by atoms with Crippen molar-refractivity contribution in [2.45, 2.75) is 90.3 Å². The summed E-state index contributed by atoms with van der Waals surface area (Å²) < 4.78 is 12.2. The van der Waals surface area contributed by atoms with Crippen molar-refractivity contribution in [3.8, 4) is 0 Å². The largest absolute Gasteiger partial charge is 0.444 e. The Labute approximate surface area is 176 Å². The maximum Gasteiger partial charge on any atom is 0.408 e. The molecule has 2 rings (SSSR count). The molecule has 162 valence electrons.